The molecule has 26 heavy (non-hydrogen) atoms. The monoisotopic (exact) mass is 393 g/mol. The number of hydrogen-bond acceptors (Lipinski definition) is 4. The Morgan fingerprint density at radius 3 is 2.19 bits per heavy atom. The number of halogens is 3. The second kappa shape index (κ2) is 7.93. The molecule has 1 saturated heterocycles. The minimum absolute atomic E-state index is 0.147. The summed E-state index contributed by atoms with van der Waals surface area (Å²) in [6.45, 7) is 2.81. The number of benzene rings is 1. The van der Waals surface area contributed by atoms with Gasteiger partial charge >= 0.3 is 6.18 Å². The topological polar surface area (TPSA) is 78.5 Å². The van der Waals surface area contributed by atoms with Gasteiger partial charge in [-0.1, -0.05) is 0 Å². The van der Waals surface area contributed by atoms with Gasteiger partial charge in [0.1, 0.15) is 0 Å². The van der Waals surface area contributed by atoms with Crippen LogP contribution >= 0.6 is 0 Å². The number of nitrogens with one attached hydrogen (secondary N) is 2. The second-order valence-electron chi connectivity index (χ2n) is 6.44. The number of piperidine rings is 1. The first-order chi connectivity index (χ1) is 12.0. The zero-order valence-corrected chi connectivity index (χ0v) is 15.3. The molecule has 0 radical (unpaired) electrons. The summed E-state index contributed by atoms with van der Waals surface area (Å²) in [5.74, 6) is -0.320. The van der Waals surface area contributed by atoms with Gasteiger partial charge in [-0.25, -0.2) is 13.1 Å². The van der Waals surface area contributed by atoms with Gasteiger partial charge in [0, 0.05) is 24.8 Å². The van der Waals surface area contributed by atoms with E-state index in [0.717, 1.165) is 18.4 Å². The van der Waals surface area contributed by atoms with Crippen LogP contribution in [0.15, 0.2) is 24.3 Å². The van der Waals surface area contributed by atoms with Gasteiger partial charge in [0.05, 0.1) is 17.9 Å². The third-order valence-electron chi connectivity index (χ3n) is 4.32. The molecule has 1 fully saturated rings. The lowest BCUT2D eigenvalue weighted by molar-refractivity contribution is -0.137. The number of anilines is 1. The maximum Gasteiger partial charge on any atom is 0.416 e. The Kier molecular flexibility index (Phi) is 6.30. The van der Waals surface area contributed by atoms with Crippen LogP contribution in [0, 0.1) is 0 Å². The average molecular weight is 393 g/mol. The van der Waals surface area contributed by atoms with Crippen molar-refractivity contribution in [1.29, 1.82) is 0 Å². The van der Waals surface area contributed by atoms with Gasteiger partial charge in [0.15, 0.2) is 0 Å². The summed E-state index contributed by atoms with van der Waals surface area (Å²) < 4.78 is 62.7. The molecular weight excluding hydrogens is 371 g/mol. The molecule has 146 valence electrons. The van der Waals surface area contributed by atoms with Gasteiger partial charge < -0.3 is 5.32 Å². The van der Waals surface area contributed by atoms with Crippen molar-refractivity contribution in [2.45, 2.75) is 38.0 Å². The molecule has 1 heterocycles. The first-order valence-electron chi connectivity index (χ1n) is 8.15. The maximum absolute atomic E-state index is 12.6. The van der Waals surface area contributed by atoms with Gasteiger partial charge in [-0.2, -0.15) is 13.2 Å². The van der Waals surface area contributed by atoms with Crippen LogP contribution in [0.1, 0.15) is 25.3 Å². The van der Waals surface area contributed by atoms with Crippen molar-refractivity contribution >= 4 is 21.6 Å². The van der Waals surface area contributed by atoms with E-state index in [1.54, 1.807) is 6.92 Å². The van der Waals surface area contributed by atoms with Crippen LogP contribution in [0.2, 0.25) is 0 Å². The van der Waals surface area contributed by atoms with E-state index >= 15 is 0 Å². The molecular formula is C16H22F3N3O3S. The molecule has 2 rings (SSSR count). The van der Waals surface area contributed by atoms with Crippen molar-refractivity contribution in [2.24, 2.45) is 0 Å². The third kappa shape index (κ3) is 5.96. The summed E-state index contributed by atoms with van der Waals surface area (Å²) in [6.07, 6.45) is -2.13. The van der Waals surface area contributed by atoms with Gasteiger partial charge in [-0.05, 0) is 44.0 Å². The average Bonchev–Trinajstić information content (AvgIpc) is 2.53. The van der Waals surface area contributed by atoms with Gasteiger partial charge in [-0.3, -0.25) is 9.69 Å². The van der Waals surface area contributed by atoms with E-state index in [1.807, 2.05) is 4.90 Å². The summed E-state index contributed by atoms with van der Waals surface area (Å²) in [7, 11) is -3.26. The molecule has 0 bridgehead atoms. The summed E-state index contributed by atoms with van der Waals surface area (Å²) in [4.78, 5) is 14.2. The third-order valence-corrected chi connectivity index (χ3v) is 5.08. The van der Waals surface area contributed by atoms with Crippen molar-refractivity contribution in [1.82, 2.24) is 9.62 Å². The highest BCUT2D eigenvalue weighted by atomic mass is 32.2. The van der Waals surface area contributed by atoms with Crippen LogP contribution in [-0.2, 0) is 21.0 Å². The summed E-state index contributed by atoms with van der Waals surface area (Å²) in [5, 5.41) is 2.61. The number of likely N-dealkylation sites (tertiary alicyclic amines) is 1. The van der Waals surface area contributed by atoms with Crippen LogP contribution in [-0.4, -0.2) is 50.7 Å². The normalized spacial score (nSPS) is 18.5. The Morgan fingerprint density at radius 1 is 1.19 bits per heavy atom. The highest BCUT2D eigenvalue weighted by Crippen LogP contribution is 2.29. The number of carbonyl (C=O) groups is 1. The van der Waals surface area contributed by atoms with Crippen LogP contribution < -0.4 is 10.0 Å². The van der Waals surface area contributed by atoms with E-state index in [2.05, 4.69) is 10.0 Å². The molecule has 10 heteroatoms. The predicted octanol–water partition coefficient (Wildman–Crippen LogP) is 2.05. The Hall–Kier alpha value is -1.65. The number of nitrogens with zero attached hydrogens (tertiary/aromatic N) is 1. The van der Waals surface area contributed by atoms with Crippen LogP contribution in [0.4, 0.5) is 18.9 Å². The zero-order chi connectivity index (χ0) is 19.5. The molecule has 0 aromatic heterocycles. The van der Waals surface area contributed by atoms with E-state index in [4.69, 9.17) is 0 Å². The fourth-order valence-electron chi connectivity index (χ4n) is 2.86. The van der Waals surface area contributed by atoms with Gasteiger partial charge in [-0.15, -0.1) is 0 Å². The largest absolute Gasteiger partial charge is 0.416 e. The predicted molar refractivity (Wildman–Crippen MR) is 92.1 cm³/mol. The highest BCUT2D eigenvalue weighted by Gasteiger charge is 2.30. The first kappa shape index (κ1) is 20.7. The van der Waals surface area contributed by atoms with Crippen molar-refractivity contribution in [3.8, 4) is 0 Å². The van der Waals surface area contributed by atoms with E-state index in [9.17, 15) is 26.4 Å². The molecule has 0 saturated carbocycles. The number of rotatable bonds is 5. The van der Waals surface area contributed by atoms with Crippen LogP contribution in [0.25, 0.3) is 0 Å². The molecule has 1 aromatic rings. The summed E-state index contributed by atoms with van der Waals surface area (Å²) in [6, 6.07) is 3.65. The summed E-state index contributed by atoms with van der Waals surface area (Å²) >= 11 is 0. The number of carbonyl (C=O) groups excluding carboxylic acids is 1. The Bertz CT molecular complexity index is 727. The Morgan fingerprint density at radius 2 is 1.73 bits per heavy atom. The minimum Gasteiger partial charge on any atom is -0.325 e. The molecule has 0 spiro atoms. The Balaban J connectivity index is 1.88. The molecule has 1 aliphatic rings. The number of alkyl halides is 3. The smallest absolute Gasteiger partial charge is 0.325 e. The number of amides is 1. The lowest BCUT2D eigenvalue weighted by Gasteiger charge is -2.35. The lowest BCUT2D eigenvalue weighted by atomic mass is 10.0. The fraction of sp³-hybridized carbons (Fsp3) is 0.562. The minimum atomic E-state index is -4.42. The number of hydrogen-bond donors (Lipinski definition) is 2. The van der Waals surface area contributed by atoms with Crippen LogP contribution in [0.3, 0.4) is 0 Å². The molecule has 2 N–H and O–H groups in total. The summed E-state index contributed by atoms with van der Waals surface area (Å²) in [5.41, 5.74) is -0.479. The van der Waals surface area contributed by atoms with Crippen molar-refractivity contribution in [3.63, 3.8) is 0 Å². The van der Waals surface area contributed by atoms with Gasteiger partial charge in [0.25, 0.3) is 0 Å². The van der Waals surface area contributed by atoms with Gasteiger partial charge in [0.2, 0.25) is 15.9 Å². The Labute approximate surface area is 150 Å². The SMILES string of the molecule is C[C@@H](C(=O)Nc1ccc(C(F)(F)F)cc1)N1CCC(NS(C)(=O)=O)CC1. The molecule has 1 aliphatic heterocycles. The molecule has 1 aromatic carbocycles. The van der Waals surface area contributed by atoms with Crippen molar-refractivity contribution in [2.75, 3.05) is 24.7 Å². The maximum atomic E-state index is 12.6. The zero-order valence-electron chi connectivity index (χ0n) is 14.5. The van der Waals surface area contributed by atoms with Crippen molar-refractivity contribution < 1.29 is 26.4 Å². The standard InChI is InChI=1S/C16H22F3N3O3S/c1-11(22-9-7-14(8-10-22)21-26(2,24)25)15(23)20-13-5-3-12(4-6-13)16(17,18)19/h3-6,11,14,21H,7-10H2,1-2H3,(H,20,23)/t11-/m0/s1. The van der Waals surface area contributed by atoms with E-state index in [0.29, 0.717) is 31.6 Å². The first-order valence-corrected chi connectivity index (χ1v) is 10.0. The fourth-order valence-corrected chi connectivity index (χ4v) is 3.70. The molecule has 1 atom stereocenters. The van der Waals surface area contributed by atoms with E-state index in [1.165, 1.54) is 12.1 Å². The van der Waals surface area contributed by atoms with E-state index in [-0.39, 0.29) is 11.9 Å². The van der Waals surface area contributed by atoms with Crippen LogP contribution in [0.5, 0.6) is 0 Å². The molecule has 6 nitrogen and oxygen atoms in total. The quantitative estimate of drug-likeness (QED) is 0.803. The second-order valence-corrected chi connectivity index (χ2v) is 8.22. The highest BCUT2D eigenvalue weighted by molar-refractivity contribution is 7.88. The van der Waals surface area contributed by atoms with Crippen molar-refractivity contribution in [3.05, 3.63) is 29.8 Å². The molecule has 0 aliphatic carbocycles. The van der Waals surface area contributed by atoms with E-state index < -0.39 is 27.8 Å². The lowest BCUT2D eigenvalue weighted by Crippen LogP contribution is -2.50. The molecule has 1 amide bonds. The number of sulfonamides is 1. The molecule has 0 unspecified atom stereocenters.